The number of nitrogens with zero attached hydrogens (tertiary/aromatic N) is 3. The van der Waals surface area contributed by atoms with E-state index in [2.05, 4.69) is 20.6 Å². The van der Waals surface area contributed by atoms with Crippen LogP contribution in [0.5, 0.6) is 5.75 Å². The summed E-state index contributed by atoms with van der Waals surface area (Å²) in [6.07, 6.45) is 0.637. The normalized spacial score (nSPS) is 15.5. The van der Waals surface area contributed by atoms with Crippen molar-refractivity contribution in [1.29, 1.82) is 0 Å². The van der Waals surface area contributed by atoms with Gasteiger partial charge in [0.1, 0.15) is 6.54 Å². The van der Waals surface area contributed by atoms with Gasteiger partial charge in [0.2, 0.25) is 5.90 Å². The molecule has 13 heteroatoms. The van der Waals surface area contributed by atoms with Gasteiger partial charge in [-0.1, -0.05) is 37.0 Å². The Morgan fingerprint density at radius 2 is 1.94 bits per heavy atom. The van der Waals surface area contributed by atoms with Crippen molar-refractivity contribution >= 4 is 35.1 Å². The summed E-state index contributed by atoms with van der Waals surface area (Å²) in [4.78, 5) is 38.1. The molecule has 0 bridgehead atoms. The van der Waals surface area contributed by atoms with E-state index in [-0.39, 0.29) is 45.5 Å². The highest BCUT2D eigenvalue weighted by Gasteiger charge is 2.22. The van der Waals surface area contributed by atoms with Crippen molar-refractivity contribution in [2.45, 2.75) is 33.5 Å². The SMILES string of the molecule is CCOC(=O)Cn1nc(-c2cc(Cl)c(OC3=NNC(O)C(C(C)C)=C3)c(Cl)c2)c(=O)[nH]c1=O. The molecule has 1 aliphatic rings. The summed E-state index contributed by atoms with van der Waals surface area (Å²) in [5.74, 6) is -0.474. The van der Waals surface area contributed by atoms with Gasteiger partial charge in [0.05, 0.1) is 16.7 Å². The fourth-order valence-electron chi connectivity index (χ4n) is 2.94. The molecular weight excluding hydrogens is 477 g/mol. The average molecular weight is 498 g/mol. The first kappa shape index (κ1) is 24.5. The van der Waals surface area contributed by atoms with Crippen LogP contribution in [0.15, 0.2) is 38.5 Å². The number of ether oxygens (including phenoxy) is 2. The van der Waals surface area contributed by atoms with Gasteiger partial charge in [-0.15, -0.1) is 5.10 Å². The summed E-state index contributed by atoms with van der Waals surface area (Å²) in [6, 6.07) is 2.75. The first-order valence-corrected chi connectivity index (χ1v) is 10.6. The van der Waals surface area contributed by atoms with Crippen LogP contribution in [0.4, 0.5) is 0 Å². The van der Waals surface area contributed by atoms with E-state index in [0.29, 0.717) is 5.57 Å². The molecule has 11 nitrogen and oxygen atoms in total. The largest absolute Gasteiger partial charge is 0.465 e. The second-order valence-electron chi connectivity index (χ2n) is 7.22. The molecule has 3 N–H and O–H groups in total. The highest BCUT2D eigenvalue weighted by molar-refractivity contribution is 6.37. The number of carbonyl (C=O) groups excluding carboxylic acids is 1. The number of H-pyrrole nitrogens is 1. The van der Waals surface area contributed by atoms with E-state index in [1.165, 1.54) is 12.1 Å². The van der Waals surface area contributed by atoms with E-state index in [9.17, 15) is 19.5 Å². The molecule has 0 saturated carbocycles. The maximum absolute atomic E-state index is 12.3. The molecule has 1 aromatic carbocycles. The number of esters is 1. The highest BCUT2D eigenvalue weighted by Crippen LogP contribution is 2.37. The van der Waals surface area contributed by atoms with Gasteiger partial charge in [-0.2, -0.15) is 5.10 Å². The van der Waals surface area contributed by atoms with Gasteiger partial charge >= 0.3 is 11.7 Å². The number of benzene rings is 1. The number of rotatable bonds is 6. The number of aliphatic hydroxyl groups excluding tert-OH is 1. The molecule has 3 rings (SSSR count). The summed E-state index contributed by atoms with van der Waals surface area (Å²) >= 11 is 12.7. The van der Waals surface area contributed by atoms with Crippen LogP contribution >= 0.6 is 23.2 Å². The molecule has 0 amide bonds. The van der Waals surface area contributed by atoms with Gasteiger partial charge in [-0.3, -0.25) is 20.0 Å². The van der Waals surface area contributed by atoms with Gasteiger partial charge < -0.3 is 14.6 Å². The maximum atomic E-state index is 12.3. The second-order valence-corrected chi connectivity index (χ2v) is 8.04. The maximum Gasteiger partial charge on any atom is 0.345 e. The molecule has 0 fully saturated rings. The van der Waals surface area contributed by atoms with Crippen LogP contribution in [-0.4, -0.2) is 44.6 Å². The smallest absolute Gasteiger partial charge is 0.345 e. The van der Waals surface area contributed by atoms with Crippen LogP contribution in [0.1, 0.15) is 20.8 Å². The summed E-state index contributed by atoms with van der Waals surface area (Å²) < 4.78 is 11.3. The van der Waals surface area contributed by atoms with Crippen molar-refractivity contribution in [2.24, 2.45) is 11.0 Å². The lowest BCUT2D eigenvalue weighted by atomic mass is 10.0. The second kappa shape index (κ2) is 10.2. The van der Waals surface area contributed by atoms with Crippen LogP contribution in [0.25, 0.3) is 11.3 Å². The number of aliphatic hydroxyl groups is 1. The Bertz CT molecular complexity index is 1230. The highest BCUT2D eigenvalue weighted by atomic mass is 35.5. The fourth-order valence-corrected chi connectivity index (χ4v) is 3.51. The Kier molecular flexibility index (Phi) is 7.57. The van der Waals surface area contributed by atoms with Gasteiger partial charge in [0, 0.05) is 11.6 Å². The van der Waals surface area contributed by atoms with Gasteiger partial charge in [0.25, 0.3) is 5.56 Å². The van der Waals surface area contributed by atoms with Gasteiger partial charge in [0.15, 0.2) is 17.7 Å². The van der Waals surface area contributed by atoms with Crippen LogP contribution < -0.4 is 21.4 Å². The van der Waals surface area contributed by atoms with Crippen molar-refractivity contribution in [1.82, 2.24) is 20.2 Å². The van der Waals surface area contributed by atoms with E-state index >= 15 is 0 Å². The molecule has 2 heterocycles. The molecular formula is C20H21Cl2N5O6. The third-order valence-corrected chi connectivity index (χ3v) is 5.08. The zero-order valence-electron chi connectivity index (χ0n) is 17.9. The molecule has 2 aromatic rings. The van der Waals surface area contributed by atoms with Crippen LogP contribution in [0.2, 0.25) is 10.0 Å². The molecule has 1 unspecified atom stereocenters. The quantitative estimate of drug-likeness (QED) is 0.510. The molecule has 0 spiro atoms. The lowest BCUT2D eigenvalue weighted by Gasteiger charge is -2.23. The Labute approximate surface area is 197 Å². The lowest BCUT2D eigenvalue weighted by Crippen LogP contribution is -2.35. The first-order chi connectivity index (χ1) is 15.6. The van der Waals surface area contributed by atoms with Gasteiger partial charge in [-0.05, 0) is 30.5 Å². The number of hydrogen-bond donors (Lipinski definition) is 3. The predicted octanol–water partition coefficient (Wildman–Crippen LogP) is 1.66. The van der Waals surface area contributed by atoms with Crippen LogP contribution in [0.3, 0.4) is 0 Å². The van der Waals surface area contributed by atoms with E-state index in [4.69, 9.17) is 32.7 Å². The van der Waals surface area contributed by atoms with Crippen LogP contribution in [0, 0.1) is 5.92 Å². The van der Waals surface area contributed by atoms with Crippen molar-refractivity contribution in [3.8, 4) is 17.0 Å². The van der Waals surface area contributed by atoms with E-state index in [0.717, 1.165) is 4.68 Å². The Morgan fingerprint density at radius 3 is 2.55 bits per heavy atom. The number of aromatic nitrogens is 3. The molecule has 1 aromatic heterocycles. The van der Waals surface area contributed by atoms with E-state index in [1.807, 2.05) is 13.8 Å². The number of halogens is 2. The molecule has 1 aliphatic heterocycles. The topological polar surface area (TPSA) is 148 Å². The number of hydrogen-bond acceptors (Lipinski definition) is 9. The number of hydrazone groups is 1. The van der Waals surface area contributed by atoms with E-state index in [1.54, 1.807) is 13.0 Å². The molecule has 176 valence electrons. The number of nitrogens with one attached hydrogen (secondary N) is 2. The standard InChI is InChI=1S/C20H21Cl2N5O6/c1-4-32-15(28)8-27-20(31)23-19(30)16(26-27)10-5-12(21)17(13(22)6-10)33-14-7-11(9(2)3)18(29)25-24-14/h5-7,9,18,25,29H,4,8H2,1-3H3,(H,23,30,31). The zero-order chi connectivity index (χ0) is 24.3. The van der Waals surface area contributed by atoms with E-state index < -0.39 is 30.0 Å². The zero-order valence-corrected chi connectivity index (χ0v) is 19.4. The first-order valence-electron chi connectivity index (χ1n) is 9.87. The molecule has 0 saturated heterocycles. The molecule has 0 radical (unpaired) electrons. The summed E-state index contributed by atoms with van der Waals surface area (Å²) in [6.45, 7) is 5.07. The van der Waals surface area contributed by atoms with Gasteiger partial charge in [-0.25, -0.2) is 9.48 Å². The van der Waals surface area contributed by atoms with Crippen molar-refractivity contribution in [2.75, 3.05) is 6.61 Å². The van der Waals surface area contributed by atoms with Crippen LogP contribution in [-0.2, 0) is 16.1 Å². The summed E-state index contributed by atoms with van der Waals surface area (Å²) in [7, 11) is 0. The van der Waals surface area contributed by atoms with Crippen molar-refractivity contribution < 1.29 is 19.4 Å². The monoisotopic (exact) mass is 497 g/mol. The summed E-state index contributed by atoms with van der Waals surface area (Å²) in [5.41, 5.74) is 1.54. The molecule has 33 heavy (non-hydrogen) atoms. The molecule has 0 aliphatic carbocycles. The number of carbonyl (C=O) groups is 1. The van der Waals surface area contributed by atoms with Crippen molar-refractivity contribution in [3.63, 3.8) is 0 Å². The predicted molar refractivity (Wildman–Crippen MR) is 121 cm³/mol. The Balaban J connectivity index is 1.95. The number of aromatic amines is 1. The summed E-state index contributed by atoms with van der Waals surface area (Å²) in [5, 5.41) is 17.9. The minimum atomic E-state index is -0.936. The average Bonchev–Trinajstić information content (AvgIpc) is 2.73. The Morgan fingerprint density at radius 1 is 1.27 bits per heavy atom. The minimum Gasteiger partial charge on any atom is -0.465 e. The molecule has 1 atom stereocenters. The minimum absolute atomic E-state index is 0.0259. The lowest BCUT2D eigenvalue weighted by molar-refractivity contribution is -0.144. The van der Waals surface area contributed by atoms with Crippen molar-refractivity contribution in [3.05, 3.63) is 54.7 Å². The third kappa shape index (κ3) is 5.62. The fraction of sp³-hybridized carbons (Fsp3) is 0.350. The third-order valence-electron chi connectivity index (χ3n) is 4.52. The Hall–Kier alpha value is -3.15.